The van der Waals surface area contributed by atoms with Crippen molar-refractivity contribution in [3.8, 4) is 0 Å². The Morgan fingerprint density at radius 2 is 2.00 bits per heavy atom. The average molecular weight is 397 g/mol. The molecule has 2 amide bonds. The maximum atomic E-state index is 13.7. The number of nitrogens with one attached hydrogen (secondary N) is 2. The van der Waals surface area contributed by atoms with Gasteiger partial charge in [0.15, 0.2) is 12.4 Å². The van der Waals surface area contributed by atoms with Crippen molar-refractivity contribution >= 4 is 35.1 Å². The molecule has 7 nitrogen and oxygen atoms in total. The maximum Gasteiger partial charge on any atom is 0.329 e. The van der Waals surface area contributed by atoms with Crippen LogP contribution in [-0.2, 0) is 14.3 Å². The SMILES string of the molecule is CC(C)[C@H](NC(=O)c1ccco1)C(=O)OCC(=O)Nc1ccc(Cl)cc1F. The first-order chi connectivity index (χ1) is 12.8. The first kappa shape index (κ1) is 20.4. The molecule has 144 valence electrons. The van der Waals surface area contributed by atoms with Gasteiger partial charge in [-0.1, -0.05) is 25.4 Å². The zero-order valence-corrected chi connectivity index (χ0v) is 15.4. The van der Waals surface area contributed by atoms with Crippen LogP contribution in [0.4, 0.5) is 10.1 Å². The molecule has 0 radical (unpaired) electrons. The Labute approximate surface area is 159 Å². The lowest BCUT2D eigenvalue weighted by Crippen LogP contribution is -2.45. The Kier molecular flexibility index (Phi) is 6.95. The van der Waals surface area contributed by atoms with Crippen molar-refractivity contribution in [1.82, 2.24) is 5.32 Å². The molecule has 2 N–H and O–H groups in total. The molecule has 1 heterocycles. The van der Waals surface area contributed by atoms with Gasteiger partial charge < -0.3 is 19.8 Å². The zero-order chi connectivity index (χ0) is 20.0. The molecule has 0 saturated heterocycles. The van der Waals surface area contributed by atoms with Crippen LogP contribution < -0.4 is 10.6 Å². The lowest BCUT2D eigenvalue weighted by atomic mass is 10.0. The second-order valence-corrected chi connectivity index (χ2v) is 6.39. The van der Waals surface area contributed by atoms with Crippen LogP contribution >= 0.6 is 11.6 Å². The van der Waals surface area contributed by atoms with Crippen LogP contribution in [0.2, 0.25) is 5.02 Å². The summed E-state index contributed by atoms with van der Waals surface area (Å²) in [7, 11) is 0. The number of ether oxygens (including phenoxy) is 1. The van der Waals surface area contributed by atoms with Crippen molar-refractivity contribution in [3.05, 3.63) is 53.2 Å². The zero-order valence-electron chi connectivity index (χ0n) is 14.6. The summed E-state index contributed by atoms with van der Waals surface area (Å²) in [5.74, 6) is -3.07. The van der Waals surface area contributed by atoms with Crippen LogP contribution in [0.3, 0.4) is 0 Å². The standard InChI is InChI=1S/C18H18ClFN2O5/c1-10(2)16(22-17(24)14-4-3-7-26-14)18(25)27-9-15(23)21-13-6-5-11(19)8-12(13)20/h3-8,10,16H,9H2,1-2H3,(H,21,23)(H,22,24)/t16-/m0/s1. The van der Waals surface area contributed by atoms with Gasteiger partial charge in [-0.05, 0) is 36.2 Å². The van der Waals surface area contributed by atoms with Crippen LogP contribution in [0.5, 0.6) is 0 Å². The minimum atomic E-state index is -0.984. The fourth-order valence-electron chi connectivity index (χ4n) is 2.12. The highest BCUT2D eigenvalue weighted by atomic mass is 35.5. The molecule has 2 rings (SSSR count). The Bertz CT molecular complexity index is 823. The average Bonchev–Trinajstić information content (AvgIpc) is 3.14. The van der Waals surface area contributed by atoms with Gasteiger partial charge >= 0.3 is 5.97 Å². The summed E-state index contributed by atoms with van der Waals surface area (Å²) in [6, 6.07) is 5.75. The highest BCUT2D eigenvalue weighted by Crippen LogP contribution is 2.18. The van der Waals surface area contributed by atoms with Crippen LogP contribution in [-0.4, -0.2) is 30.4 Å². The van der Waals surface area contributed by atoms with Gasteiger partial charge in [0.25, 0.3) is 11.8 Å². The highest BCUT2D eigenvalue weighted by Gasteiger charge is 2.27. The molecule has 0 aliphatic heterocycles. The summed E-state index contributed by atoms with van der Waals surface area (Å²) in [6.45, 7) is 2.77. The fourth-order valence-corrected chi connectivity index (χ4v) is 2.28. The minimum absolute atomic E-state index is 0.0457. The summed E-state index contributed by atoms with van der Waals surface area (Å²) in [6.07, 6.45) is 1.33. The van der Waals surface area contributed by atoms with Crippen LogP contribution in [0.25, 0.3) is 0 Å². The van der Waals surface area contributed by atoms with E-state index in [4.69, 9.17) is 20.8 Å². The van der Waals surface area contributed by atoms with Crippen molar-refractivity contribution in [2.45, 2.75) is 19.9 Å². The number of esters is 1. The molecule has 1 atom stereocenters. The number of rotatable bonds is 7. The van der Waals surface area contributed by atoms with Gasteiger partial charge in [-0.2, -0.15) is 0 Å². The van der Waals surface area contributed by atoms with Gasteiger partial charge in [0.05, 0.1) is 12.0 Å². The van der Waals surface area contributed by atoms with E-state index in [9.17, 15) is 18.8 Å². The minimum Gasteiger partial charge on any atom is -0.459 e. The summed E-state index contributed by atoms with van der Waals surface area (Å²) in [4.78, 5) is 36.1. The second kappa shape index (κ2) is 9.18. The molecule has 0 unspecified atom stereocenters. The van der Waals surface area contributed by atoms with Gasteiger partial charge in [0.2, 0.25) is 0 Å². The van der Waals surface area contributed by atoms with Gasteiger partial charge in [-0.3, -0.25) is 9.59 Å². The number of benzene rings is 1. The molecule has 0 aliphatic rings. The van der Waals surface area contributed by atoms with E-state index in [-0.39, 0.29) is 22.4 Å². The fraction of sp³-hybridized carbons (Fsp3) is 0.278. The number of halogens is 2. The molecule has 0 bridgehead atoms. The molecule has 2 aromatic rings. The Balaban J connectivity index is 1.91. The summed E-state index contributed by atoms with van der Waals surface area (Å²) in [5, 5.41) is 4.95. The molecule has 0 aliphatic carbocycles. The quantitative estimate of drug-likeness (QED) is 0.701. The number of hydrogen-bond donors (Lipinski definition) is 2. The second-order valence-electron chi connectivity index (χ2n) is 5.95. The predicted octanol–water partition coefficient (Wildman–Crippen LogP) is 3.01. The van der Waals surface area contributed by atoms with Crippen molar-refractivity contribution in [1.29, 1.82) is 0 Å². The molecule has 0 saturated carbocycles. The Morgan fingerprint density at radius 1 is 1.26 bits per heavy atom. The van der Waals surface area contributed by atoms with E-state index in [0.29, 0.717) is 0 Å². The van der Waals surface area contributed by atoms with E-state index in [2.05, 4.69) is 10.6 Å². The predicted molar refractivity (Wildman–Crippen MR) is 95.8 cm³/mol. The summed E-state index contributed by atoms with van der Waals surface area (Å²) in [5.41, 5.74) is -0.0908. The molecular weight excluding hydrogens is 379 g/mol. The van der Waals surface area contributed by atoms with Crippen LogP contribution in [0, 0.1) is 11.7 Å². The molecule has 1 aromatic carbocycles. The normalized spacial score (nSPS) is 11.7. The van der Waals surface area contributed by atoms with Crippen molar-refractivity contribution < 1.29 is 27.9 Å². The van der Waals surface area contributed by atoms with Crippen molar-refractivity contribution in [2.75, 3.05) is 11.9 Å². The highest BCUT2D eigenvalue weighted by molar-refractivity contribution is 6.30. The van der Waals surface area contributed by atoms with E-state index in [1.165, 1.54) is 30.5 Å². The van der Waals surface area contributed by atoms with Crippen molar-refractivity contribution in [3.63, 3.8) is 0 Å². The van der Waals surface area contributed by atoms with Gasteiger partial charge in [-0.25, -0.2) is 9.18 Å². The maximum absolute atomic E-state index is 13.7. The molecule has 9 heteroatoms. The van der Waals surface area contributed by atoms with E-state index >= 15 is 0 Å². The number of anilines is 1. The number of hydrogen-bond acceptors (Lipinski definition) is 5. The first-order valence-corrected chi connectivity index (χ1v) is 8.41. The smallest absolute Gasteiger partial charge is 0.329 e. The lowest BCUT2D eigenvalue weighted by molar-refractivity contribution is -0.150. The van der Waals surface area contributed by atoms with E-state index in [1.807, 2.05) is 0 Å². The largest absolute Gasteiger partial charge is 0.459 e. The first-order valence-electron chi connectivity index (χ1n) is 8.04. The van der Waals surface area contributed by atoms with Gasteiger partial charge in [0, 0.05) is 5.02 Å². The van der Waals surface area contributed by atoms with Gasteiger partial charge in [0.1, 0.15) is 11.9 Å². The number of carbonyl (C=O) groups is 3. The lowest BCUT2D eigenvalue weighted by Gasteiger charge is -2.20. The number of amides is 2. The van der Waals surface area contributed by atoms with E-state index < -0.39 is 36.2 Å². The Morgan fingerprint density at radius 3 is 2.59 bits per heavy atom. The van der Waals surface area contributed by atoms with E-state index in [1.54, 1.807) is 13.8 Å². The third kappa shape index (κ3) is 5.82. The molecule has 0 spiro atoms. The summed E-state index contributed by atoms with van der Waals surface area (Å²) >= 11 is 5.64. The monoisotopic (exact) mass is 396 g/mol. The Hall–Kier alpha value is -2.87. The summed E-state index contributed by atoms with van der Waals surface area (Å²) < 4.78 is 23.6. The third-order valence-electron chi connectivity index (χ3n) is 3.50. The van der Waals surface area contributed by atoms with Crippen LogP contribution in [0.15, 0.2) is 41.0 Å². The van der Waals surface area contributed by atoms with Crippen LogP contribution in [0.1, 0.15) is 24.4 Å². The molecule has 1 aromatic heterocycles. The molecule has 27 heavy (non-hydrogen) atoms. The molecular formula is C18H18ClFN2O5. The van der Waals surface area contributed by atoms with E-state index in [0.717, 1.165) is 6.07 Å². The van der Waals surface area contributed by atoms with Gasteiger partial charge in [-0.15, -0.1) is 0 Å². The third-order valence-corrected chi connectivity index (χ3v) is 3.74. The number of furan rings is 1. The number of carbonyl (C=O) groups excluding carboxylic acids is 3. The van der Waals surface area contributed by atoms with Crippen molar-refractivity contribution in [2.24, 2.45) is 5.92 Å². The topological polar surface area (TPSA) is 97.6 Å². The molecule has 0 fully saturated rings.